The van der Waals surface area contributed by atoms with Crippen LogP contribution in [0.1, 0.15) is 11.1 Å². The number of aromatic amines is 1. The second-order valence-corrected chi connectivity index (χ2v) is 6.49. The first-order valence-corrected chi connectivity index (χ1v) is 7.88. The first-order chi connectivity index (χ1) is 10.6. The lowest BCUT2D eigenvalue weighted by atomic mass is 10.0. The average Bonchev–Trinajstić information content (AvgIpc) is 3.01. The van der Waals surface area contributed by atoms with Gasteiger partial charge in [0.2, 0.25) is 0 Å². The van der Waals surface area contributed by atoms with E-state index in [1.54, 1.807) is 12.1 Å². The van der Waals surface area contributed by atoms with Gasteiger partial charge in [-0.3, -0.25) is 4.79 Å². The number of fused-ring (bicyclic) bond motifs is 2. The number of aromatic nitrogens is 1. The highest BCUT2D eigenvalue weighted by molar-refractivity contribution is 9.10. The van der Waals surface area contributed by atoms with Gasteiger partial charge in [-0.1, -0.05) is 33.6 Å². The van der Waals surface area contributed by atoms with Gasteiger partial charge in [0, 0.05) is 43.3 Å². The molecule has 0 spiro atoms. The number of benzene rings is 2. The Morgan fingerprint density at radius 3 is 2.86 bits per heavy atom. The SMILES string of the molecule is O=C1Nc2cc(Cl)ccc2C1=Cc1c[nH]c2ccc(Br)cc12. The Morgan fingerprint density at radius 2 is 2.00 bits per heavy atom. The third-order valence-corrected chi connectivity index (χ3v) is 4.47. The lowest BCUT2D eigenvalue weighted by molar-refractivity contribution is -0.110. The molecule has 2 N–H and O–H groups in total. The van der Waals surface area contributed by atoms with Gasteiger partial charge in [-0.25, -0.2) is 0 Å². The maximum atomic E-state index is 12.2. The molecule has 0 radical (unpaired) electrons. The molecule has 22 heavy (non-hydrogen) atoms. The van der Waals surface area contributed by atoms with Gasteiger partial charge in [-0.2, -0.15) is 0 Å². The second kappa shape index (κ2) is 5.00. The van der Waals surface area contributed by atoms with Gasteiger partial charge in [-0.05, 0) is 36.4 Å². The van der Waals surface area contributed by atoms with Crippen molar-refractivity contribution in [1.82, 2.24) is 4.98 Å². The minimum absolute atomic E-state index is 0.110. The van der Waals surface area contributed by atoms with Crippen molar-refractivity contribution in [3.05, 3.63) is 63.2 Å². The van der Waals surface area contributed by atoms with Crippen molar-refractivity contribution >= 4 is 61.7 Å². The number of carbonyl (C=O) groups excluding carboxylic acids is 1. The summed E-state index contributed by atoms with van der Waals surface area (Å²) in [5, 5.41) is 4.52. The summed E-state index contributed by atoms with van der Waals surface area (Å²) < 4.78 is 1.00. The van der Waals surface area contributed by atoms with Crippen LogP contribution in [0.2, 0.25) is 5.02 Å². The van der Waals surface area contributed by atoms with Gasteiger partial charge >= 0.3 is 0 Å². The van der Waals surface area contributed by atoms with Crippen molar-refractivity contribution in [2.24, 2.45) is 0 Å². The van der Waals surface area contributed by atoms with Crippen LogP contribution >= 0.6 is 27.5 Å². The van der Waals surface area contributed by atoms with E-state index in [2.05, 4.69) is 26.2 Å². The zero-order valence-electron chi connectivity index (χ0n) is 11.3. The first-order valence-electron chi connectivity index (χ1n) is 6.71. The Hall–Kier alpha value is -2.04. The predicted octanol–water partition coefficient (Wildman–Crippen LogP) is 5.08. The second-order valence-electron chi connectivity index (χ2n) is 5.14. The zero-order chi connectivity index (χ0) is 15.3. The van der Waals surface area contributed by atoms with E-state index in [1.807, 2.05) is 36.5 Å². The van der Waals surface area contributed by atoms with E-state index in [9.17, 15) is 4.79 Å². The molecule has 0 unspecified atom stereocenters. The van der Waals surface area contributed by atoms with Crippen molar-refractivity contribution < 1.29 is 4.79 Å². The Kier molecular flexibility index (Phi) is 3.10. The van der Waals surface area contributed by atoms with E-state index in [0.29, 0.717) is 10.6 Å². The Labute approximate surface area is 140 Å². The molecule has 108 valence electrons. The van der Waals surface area contributed by atoms with Gasteiger partial charge in [0.1, 0.15) is 0 Å². The summed E-state index contributed by atoms with van der Waals surface area (Å²) in [6.07, 6.45) is 3.81. The van der Waals surface area contributed by atoms with Crippen LogP contribution in [0.3, 0.4) is 0 Å². The summed E-state index contributed by atoms with van der Waals surface area (Å²) in [4.78, 5) is 15.4. The Bertz CT molecular complexity index is 958. The van der Waals surface area contributed by atoms with E-state index >= 15 is 0 Å². The smallest absolute Gasteiger partial charge is 0.256 e. The van der Waals surface area contributed by atoms with Crippen molar-refractivity contribution in [1.29, 1.82) is 0 Å². The lowest BCUT2D eigenvalue weighted by Gasteiger charge is -1.99. The average molecular weight is 374 g/mol. The summed E-state index contributed by atoms with van der Waals surface area (Å²) in [5.74, 6) is -0.110. The largest absolute Gasteiger partial charge is 0.361 e. The van der Waals surface area contributed by atoms with Crippen LogP contribution in [-0.4, -0.2) is 10.9 Å². The third kappa shape index (κ3) is 2.16. The predicted molar refractivity (Wildman–Crippen MR) is 94.0 cm³/mol. The molecule has 1 aromatic heterocycles. The number of rotatable bonds is 1. The number of H-pyrrole nitrogens is 1. The van der Waals surface area contributed by atoms with Gasteiger partial charge in [-0.15, -0.1) is 0 Å². The normalized spacial score (nSPS) is 15.4. The summed E-state index contributed by atoms with van der Waals surface area (Å²) in [7, 11) is 0. The number of anilines is 1. The van der Waals surface area contributed by atoms with Gasteiger partial charge < -0.3 is 10.3 Å². The van der Waals surface area contributed by atoms with E-state index in [4.69, 9.17) is 11.6 Å². The number of halogens is 2. The fourth-order valence-corrected chi connectivity index (χ4v) is 3.23. The maximum Gasteiger partial charge on any atom is 0.256 e. The van der Waals surface area contributed by atoms with E-state index in [1.165, 1.54) is 0 Å². The first kappa shape index (κ1) is 13.6. The molecular formula is C17H10BrClN2O. The van der Waals surface area contributed by atoms with Crippen molar-refractivity contribution in [3.63, 3.8) is 0 Å². The van der Waals surface area contributed by atoms with Crippen LogP contribution in [-0.2, 0) is 4.79 Å². The minimum atomic E-state index is -0.110. The molecule has 5 heteroatoms. The third-order valence-electron chi connectivity index (χ3n) is 3.74. The zero-order valence-corrected chi connectivity index (χ0v) is 13.6. The summed E-state index contributed by atoms with van der Waals surface area (Å²) >= 11 is 9.46. The fraction of sp³-hybridized carbons (Fsp3) is 0. The molecule has 0 aliphatic carbocycles. The molecule has 1 amide bonds. The number of nitrogens with one attached hydrogen (secondary N) is 2. The molecule has 0 saturated carbocycles. The number of hydrogen-bond acceptors (Lipinski definition) is 1. The minimum Gasteiger partial charge on any atom is -0.361 e. The van der Waals surface area contributed by atoms with Crippen LogP contribution in [0.25, 0.3) is 22.6 Å². The summed E-state index contributed by atoms with van der Waals surface area (Å²) in [5.41, 5.74) is 4.28. The molecule has 1 aliphatic heterocycles. The number of amides is 1. The molecule has 3 nitrogen and oxygen atoms in total. The monoisotopic (exact) mass is 372 g/mol. The van der Waals surface area contributed by atoms with Crippen molar-refractivity contribution in [3.8, 4) is 0 Å². The molecule has 0 saturated heterocycles. The fourth-order valence-electron chi connectivity index (χ4n) is 2.70. The molecular weight excluding hydrogens is 364 g/mol. The number of hydrogen-bond donors (Lipinski definition) is 2. The molecule has 2 heterocycles. The van der Waals surface area contributed by atoms with Crippen LogP contribution < -0.4 is 5.32 Å². The van der Waals surface area contributed by atoms with Crippen LogP contribution in [0.15, 0.2) is 47.1 Å². The van der Waals surface area contributed by atoms with E-state index in [0.717, 1.165) is 32.2 Å². The van der Waals surface area contributed by atoms with Crippen LogP contribution in [0.4, 0.5) is 5.69 Å². The summed E-state index contributed by atoms with van der Waals surface area (Å²) in [6.45, 7) is 0. The Morgan fingerprint density at radius 1 is 1.14 bits per heavy atom. The highest BCUT2D eigenvalue weighted by Crippen LogP contribution is 2.36. The van der Waals surface area contributed by atoms with E-state index in [-0.39, 0.29) is 5.91 Å². The standard InChI is InChI=1S/C17H10BrClN2O/c18-10-1-4-15-13(6-10)9(8-20-15)5-14-12-3-2-11(19)7-16(12)21-17(14)22/h1-8,20H,(H,21,22). The van der Waals surface area contributed by atoms with Crippen LogP contribution in [0, 0.1) is 0 Å². The van der Waals surface area contributed by atoms with E-state index < -0.39 is 0 Å². The van der Waals surface area contributed by atoms with Crippen LogP contribution in [0.5, 0.6) is 0 Å². The van der Waals surface area contributed by atoms with Crippen molar-refractivity contribution in [2.75, 3.05) is 5.32 Å². The van der Waals surface area contributed by atoms with Gasteiger partial charge in [0.15, 0.2) is 0 Å². The van der Waals surface area contributed by atoms with Crippen molar-refractivity contribution in [2.45, 2.75) is 0 Å². The molecule has 0 bridgehead atoms. The maximum absolute atomic E-state index is 12.2. The number of carbonyl (C=O) groups is 1. The summed E-state index contributed by atoms with van der Waals surface area (Å²) in [6, 6.07) is 11.4. The highest BCUT2D eigenvalue weighted by atomic mass is 79.9. The molecule has 0 fully saturated rings. The topological polar surface area (TPSA) is 44.9 Å². The molecule has 1 aliphatic rings. The Balaban J connectivity index is 1.89. The lowest BCUT2D eigenvalue weighted by Crippen LogP contribution is -2.03. The quantitative estimate of drug-likeness (QED) is 0.574. The molecule has 0 atom stereocenters. The highest BCUT2D eigenvalue weighted by Gasteiger charge is 2.24. The molecule has 4 rings (SSSR count). The molecule has 2 aromatic carbocycles. The van der Waals surface area contributed by atoms with Gasteiger partial charge in [0.05, 0.1) is 5.69 Å². The van der Waals surface area contributed by atoms with Gasteiger partial charge in [0.25, 0.3) is 5.91 Å². The molecule has 3 aromatic rings.